The molecule has 1 aromatic rings. The lowest BCUT2D eigenvalue weighted by molar-refractivity contribution is 0.0849. The molecule has 118 valence electrons. The van der Waals surface area contributed by atoms with Crippen molar-refractivity contribution in [2.45, 2.75) is 25.9 Å². The molecule has 1 N–H and O–H groups in total. The van der Waals surface area contributed by atoms with Gasteiger partial charge in [-0.15, -0.1) is 0 Å². The van der Waals surface area contributed by atoms with E-state index in [4.69, 9.17) is 14.7 Å². The molecule has 1 aliphatic rings. The number of urea groups is 1. The minimum Gasteiger partial charge on any atom is -0.495 e. The lowest BCUT2D eigenvalue weighted by Gasteiger charge is -2.24. The topological polar surface area (TPSA) is 74.6 Å². The van der Waals surface area contributed by atoms with Crippen LogP contribution in [0.3, 0.4) is 0 Å². The summed E-state index contributed by atoms with van der Waals surface area (Å²) in [5.74, 6) is 0.528. The highest BCUT2D eigenvalue weighted by Crippen LogP contribution is 2.25. The Balaban J connectivity index is 2.07. The molecule has 0 unspecified atom stereocenters. The molecule has 1 atom stereocenters. The van der Waals surface area contributed by atoms with E-state index >= 15 is 0 Å². The van der Waals surface area contributed by atoms with Gasteiger partial charge in [0.15, 0.2) is 0 Å². The molecule has 0 aromatic heterocycles. The molecule has 1 heterocycles. The number of anilines is 1. The number of likely N-dealkylation sites (N-methyl/N-ethyl adjacent to an activating group) is 1. The summed E-state index contributed by atoms with van der Waals surface area (Å²) in [4.78, 5) is 14.1. The monoisotopic (exact) mass is 303 g/mol. The number of nitrogens with zero attached hydrogens (tertiary/aromatic N) is 2. The zero-order chi connectivity index (χ0) is 15.9. The van der Waals surface area contributed by atoms with Gasteiger partial charge in [-0.3, -0.25) is 0 Å². The van der Waals surface area contributed by atoms with Gasteiger partial charge in [0.05, 0.1) is 30.5 Å². The van der Waals surface area contributed by atoms with Crippen molar-refractivity contribution in [1.29, 1.82) is 5.26 Å². The highest BCUT2D eigenvalue weighted by Gasteiger charge is 2.22. The van der Waals surface area contributed by atoms with Crippen LogP contribution < -0.4 is 10.1 Å². The van der Waals surface area contributed by atoms with Crippen LogP contribution in [0.2, 0.25) is 0 Å². The van der Waals surface area contributed by atoms with Crippen molar-refractivity contribution in [2.24, 2.45) is 0 Å². The summed E-state index contributed by atoms with van der Waals surface area (Å²) >= 11 is 0. The smallest absolute Gasteiger partial charge is 0.322 e. The zero-order valence-corrected chi connectivity index (χ0v) is 13.0. The van der Waals surface area contributed by atoms with E-state index < -0.39 is 0 Å². The number of methoxy groups -OCH3 is 1. The standard InChI is InChI=1S/C16H21N3O3/c1-3-19(11-13-5-4-8-22-13)16(20)18-14-9-12(10-17)6-7-15(14)21-2/h6-7,9,13H,3-5,8,11H2,1-2H3,(H,18,20)/t13-/m1/s1. The second-order valence-corrected chi connectivity index (χ2v) is 5.13. The molecule has 2 amide bonds. The predicted molar refractivity (Wildman–Crippen MR) is 82.9 cm³/mol. The van der Waals surface area contributed by atoms with E-state index in [0.29, 0.717) is 30.1 Å². The van der Waals surface area contributed by atoms with Crippen molar-refractivity contribution in [1.82, 2.24) is 4.90 Å². The third kappa shape index (κ3) is 3.89. The van der Waals surface area contributed by atoms with E-state index in [1.165, 1.54) is 7.11 Å². The van der Waals surface area contributed by atoms with E-state index in [9.17, 15) is 4.79 Å². The van der Waals surface area contributed by atoms with Crippen LogP contribution in [0.5, 0.6) is 5.75 Å². The second-order valence-electron chi connectivity index (χ2n) is 5.13. The third-order valence-corrected chi connectivity index (χ3v) is 3.69. The summed E-state index contributed by atoms with van der Waals surface area (Å²) in [6.45, 7) is 3.86. The normalized spacial score (nSPS) is 16.9. The molecule has 2 rings (SSSR count). The number of carbonyl (C=O) groups is 1. The van der Waals surface area contributed by atoms with Crippen LogP contribution in [0, 0.1) is 11.3 Å². The summed E-state index contributed by atoms with van der Waals surface area (Å²) in [6, 6.07) is 6.77. The van der Waals surface area contributed by atoms with E-state index in [1.807, 2.05) is 6.92 Å². The minimum absolute atomic E-state index is 0.109. The van der Waals surface area contributed by atoms with Crippen LogP contribution in [0.15, 0.2) is 18.2 Å². The number of hydrogen-bond acceptors (Lipinski definition) is 4. The number of nitriles is 1. The maximum absolute atomic E-state index is 12.4. The fourth-order valence-electron chi connectivity index (χ4n) is 2.46. The first kappa shape index (κ1) is 16.1. The molecule has 6 heteroatoms. The molecule has 22 heavy (non-hydrogen) atoms. The van der Waals surface area contributed by atoms with Gasteiger partial charge in [0.25, 0.3) is 0 Å². The molecule has 0 radical (unpaired) electrons. The first-order valence-electron chi connectivity index (χ1n) is 7.43. The molecule has 1 aromatic carbocycles. The molecule has 0 spiro atoms. The number of amides is 2. The van der Waals surface area contributed by atoms with Crippen LogP contribution in [-0.4, -0.2) is 43.8 Å². The summed E-state index contributed by atoms with van der Waals surface area (Å²) in [6.07, 6.45) is 2.14. The molecular formula is C16H21N3O3. The molecule has 1 aliphatic heterocycles. The number of ether oxygens (including phenoxy) is 2. The number of benzene rings is 1. The average molecular weight is 303 g/mol. The van der Waals surface area contributed by atoms with Crippen LogP contribution in [-0.2, 0) is 4.74 Å². The molecular weight excluding hydrogens is 282 g/mol. The molecule has 1 fully saturated rings. The van der Waals surface area contributed by atoms with Gasteiger partial charge in [-0.25, -0.2) is 4.79 Å². The average Bonchev–Trinajstić information content (AvgIpc) is 3.05. The van der Waals surface area contributed by atoms with Crippen molar-refractivity contribution < 1.29 is 14.3 Å². The van der Waals surface area contributed by atoms with Gasteiger partial charge in [-0.05, 0) is 38.0 Å². The van der Waals surface area contributed by atoms with E-state index in [-0.39, 0.29) is 12.1 Å². The predicted octanol–water partition coefficient (Wildman–Crippen LogP) is 2.60. The Kier molecular flexibility index (Phi) is 5.61. The Hall–Kier alpha value is -2.26. The van der Waals surface area contributed by atoms with Crippen LogP contribution in [0.25, 0.3) is 0 Å². The Labute approximate surface area is 130 Å². The molecule has 1 saturated heterocycles. The van der Waals surface area contributed by atoms with Gasteiger partial charge in [0.2, 0.25) is 0 Å². The van der Waals surface area contributed by atoms with E-state index in [2.05, 4.69) is 11.4 Å². The summed E-state index contributed by atoms with van der Waals surface area (Å²) in [5.41, 5.74) is 0.968. The second kappa shape index (κ2) is 7.66. The first-order chi connectivity index (χ1) is 10.7. The summed E-state index contributed by atoms with van der Waals surface area (Å²) in [5, 5.41) is 11.8. The SMILES string of the molecule is CCN(C[C@H]1CCCO1)C(=O)Nc1cc(C#N)ccc1OC. The van der Waals surface area contributed by atoms with Crippen LogP contribution >= 0.6 is 0 Å². The van der Waals surface area contributed by atoms with Gasteiger partial charge in [0, 0.05) is 19.7 Å². The fourth-order valence-corrected chi connectivity index (χ4v) is 2.46. The van der Waals surface area contributed by atoms with Crippen LogP contribution in [0.4, 0.5) is 10.5 Å². The van der Waals surface area contributed by atoms with Gasteiger partial charge in [-0.1, -0.05) is 0 Å². The van der Waals surface area contributed by atoms with E-state index in [0.717, 1.165) is 19.4 Å². The maximum Gasteiger partial charge on any atom is 0.322 e. The van der Waals surface area contributed by atoms with Gasteiger partial charge in [-0.2, -0.15) is 5.26 Å². The van der Waals surface area contributed by atoms with Gasteiger partial charge >= 0.3 is 6.03 Å². The molecule has 0 bridgehead atoms. The van der Waals surface area contributed by atoms with Gasteiger partial charge < -0.3 is 19.7 Å². The quantitative estimate of drug-likeness (QED) is 0.907. The fraction of sp³-hybridized carbons (Fsp3) is 0.500. The minimum atomic E-state index is -0.216. The van der Waals surface area contributed by atoms with Crippen molar-refractivity contribution >= 4 is 11.7 Å². The Morgan fingerprint density at radius 2 is 2.41 bits per heavy atom. The Bertz CT molecular complexity index is 562. The first-order valence-corrected chi connectivity index (χ1v) is 7.43. The highest BCUT2D eigenvalue weighted by atomic mass is 16.5. The Morgan fingerprint density at radius 3 is 3.00 bits per heavy atom. The van der Waals surface area contributed by atoms with Gasteiger partial charge in [0.1, 0.15) is 5.75 Å². The molecule has 0 saturated carbocycles. The zero-order valence-electron chi connectivity index (χ0n) is 13.0. The van der Waals surface area contributed by atoms with Crippen molar-refractivity contribution in [3.05, 3.63) is 23.8 Å². The van der Waals surface area contributed by atoms with Crippen LogP contribution in [0.1, 0.15) is 25.3 Å². The largest absolute Gasteiger partial charge is 0.495 e. The van der Waals surface area contributed by atoms with Crippen molar-refractivity contribution in [3.63, 3.8) is 0 Å². The highest BCUT2D eigenvalue weighted by molar-refractivity contribution is 5.91. The Morgan fingerprint density at radius 1 is 1.59 bits per heavy atom. The molecule has 0 aliphatic carbocycles. The number of hydrogen-bond donors (Lipinski definition) is 1. The van der Waals surface area contributed by atoms with Crippen molar-refractivity contribution in [2.75, 3.05) is 32.1 Å². The maximum atomic E-state index is 12.4. The molecule has 6 nitrogen and oxygen atoms in total. The third-order valence-electron chi connectivity index (χ3n) is 3.69. The number of nitrogens with one attached hydrogen (secondary N) is 1. The van der Waals surface area contributed by atoms with Crippen molar-refractivity contribution in [3.8, 4) is 11.8 Å². The number of carbonyl (C=O) groups excluding carboxylic acids is 1. The lowest BCUT2D eigenvalue weighted by atomic mass is 10.2. The summed E-state index contributed by atoms with van der Waals surface area (Å²) < 4.78 is 10.8. The van der Waals surface area contributed by atoms with E-state index in [1.54, 1.807) is 23.1 Å². The lowest BCUT2D eigenvalue weighted by Crippen LogP contribution is -2.40. The number of rotatable bonds is 5. The summed E-state index contributed by atoms with van der Waals surface area (Å²) in [7, 11) is 1.53.